The third kappa shape index (κ3) is 4.78. The number of nitrogens with one attached hydrogen (secondary N) is 1. The zero-order chi connectivity index (χ0) is 19.2. The number of carbonyl (C=O) groups is 1. The third-order valence-corrected chi connectivity index (χ3v) is 4.97. The van der Waals surface area contributed by atoms with E-state index in [1.165, 1.54) is 5.56 Å². The smallest absolute Gasteiger partial charge is 0.234 e. The molecule has 0 radical (unpaired) electrons. The number of nitrogens with zero attached hydrogens (tertiary/aromatic N) is 1. The van der Waals surface area contributed by atoms with Crippen LogP contribution in [0.2, 0.25) is 0 Å². The minimum Gasteiger partial charge on any atom is -0.493 e. The summed E-state index contributed by atoms with van der Waals surface area (Å²) < 4.78 is 10.5. The molecule has 0 aromatic heterocycles. The highest BCUT2D eigenvalue weighted by molar-refractivity contribution is 5.78. The van der Waals surface area contributed by atoms with E-state index in [1.54, 1.807) is 14.2 Å². The van der Waals surface area contributed by atoms with E-state index >= 15 is 0 Å². The Morgan fingerprint density at radius 1 is 1.11 bits per heavy atom. The molecule has 0 aliphatic carbocycles. The Bertz CT molecular complexity index is 767. The highest BCUT2D eigenvalue weighted by Crippen LogP contribution is 2.28. The molecule has 27 heavy (non-hydrogen) atoms. The molecule has 2 atom stereocenters. The van der Waals surface area contributed by atoms with Gasteiger partial charge in [-0.15, -0.1) is 0 Å². The van der Waals surface area contributed by atoms with Crippen LogP contribution in [0, 0.1) is 0 Å². The summed E-state index contributed by atoms with van der Waals surface area (Å²) in [5, 5.41) is 2.97. The molecule has 1 aliphatic rings. The molecule has 0 spiro atoms. The average Bonchev–Trinajstić information content (AvgIpc) is 3.06. The normalized spacial score (nSPS) is 19.7. The molecule has 2 aromatic rings. The van der Waals surface area contributed by atoms with Gasteiger partial charge in [0, 0.05) is 31.6 Å². The molecular weight excluding hydrogens is 342 g/mol. The van der Waals surface area contributed by atoms with E-state index in [1.807, 2.05) is 36.4 Å². The van der Waals surface area contributed by atoms with Crippen LogP contribution in [0.25, 0.3) is 0 Å². The van der Waals surface area contributed by atoms with Gasteiger partial charge in [-0.3, -0.25) is 9.69 Å². The van der Waals surface area contributed by atoms with Gasteiger partial charge in [-0.25, -0.2) is 0 Å². The lowest BCUT2D eigenvalue weighted by Gasteiger charge is -2.16. The van der Waals surface area contributed by atoms with Gasteiger partial charge >= 0.3 is 0 Å². The first-order valence-electron chi connectivity index (χ1n) is 9.11. The number of nitrogens with two attached hydrogens (primary N) is 1. The highest BCUT2D eigenvalue weighted by Gasteiger charge is 2.31. The van der Waals surface area contributed by atoms with E-state index < -0.39 is 0 Å². The van der Waals surface area contributed by atoms with Crippen LogP contribution in [0.15, 0.2) is 48.5 Å². The Morgan fingerprint density at radius 3 is 2.56 bits per heavy atom. The fourth-order valence-corrected chi connectivity index (χ4v) is 3.55. The summed E-state index contributed by atoms with van der Waals surface area (Å²) >= 11 is 0. The highest BCUT2D eigenvalue weighted by atomic mass is 16.5. The lowest BCUT2D eigenvalue weighted by molar-refractivity contribution is -0.122. The van der Waals surface area contributed by atoms with Crippen LogP contribution in [0.4, 0.5) is 0 Å². The summed E-state index contributed by atoms with van der Waals surface area (Å²) in [6.45, 7) is 2.32. The van der Waals surface area contributed by atoms with E-state index in [9.17, 15) is 4.79 Å². The number of amides is 1. The van der Waals surface area contributed by atoms with Gasteiger partial charge in [0.15, 0.2) is 11.5 Å². The number of rotatable bonds is 7. The molecule has 1 fully saturated rings. The largest absolute Gasteiger partial charge is 0.493 e. The molecule has 1 amide bonds. The second-order valence-corrected chi connectivity index (χ2v) is 6.84. The molecule has 0 unspecified atom stereocenters. The Balaban J connectivity index is 1.51. The zero-order valence-electron chi connectivity index (χ0n) is 15.9. The molecule has 2 aromatic carbocycles. The summed E-state index contributed by atoms with van der Waals surface area (Å²) in [7, 11) is 3.20. The lowest BCUT2D eigenvalue weighted by Crippen LogP contribution is -2.37. The van der Waals surface area contributed by atoms with Crippen molar-refractivity contribution in [3.8, 4) is 11.5 Å². The van der Waals surface area contributed by atoms with E-state index in [4.69, 9.17) is 15.2 Å². The Morgan fingerprint density at radius 2 is 1.85 bits per heavy atom. The number of likely N-dealkylation sites (tertiary alicyclic amines) is 1. The fraction of sp³-hybridized carbons (Fsp3) is 0.381. The van der Waals surface area contributed by atoms with Crippen LogP contribution >= 0.6 is 0 Å². The fourth-order valence-electron chi connectivity index (χ4n) is 3.55. The Hall–Kier alpha value is -2.57. The van der Waals surface area contributed by atoms with Crippen molar-refractivity contribution in [2.24, 2.45) is 5.73 Å². The number of carbonyl (C=O) groups excluding carboxylic acids is 1. The van der Waals surface area contributed by atoms with Crippen molar-refractivity contribution >= 4 is 5.91 Å². The van der Waals surface area contributed by atoms with Crippen molar-refractivity contribution in [2.45, 2.75) is 18.5 Å². The molecule has 0 bridgehead atoms. The third-order valence-electron chi connectivity index (χ3n) is 4.97. The van der Waals surface area contributed by atoms with Crippen molar-refractivity contribution in [1.29, 1.82) is 0 Å². The first-order valence-corrected chi connectivity index (χ1v) is 9.11. The summed E-state index contributed by atoms with van der Waals surface area (Å²) in [5.74, 6) is 1.58. The SMILES string of the molecule is COc1ccc(CNC(=O)CN2C[C@@H](N)[C@H](c3ccccc3)C2)cc1OC. The zero-order valence-corrected chi connectivity index (χ0v) is 15.9. The van der Waals surface area contributed by atoms with Crippen LogP contribution in [0.1, 0.15) is 17.0 Å². The first-order chi connectivity index (χ1) is 13.1. The monoisotopic (exact) mass is 369 g/mol. The maximum atomic E-state index is 12.4. The molecule has 144 valence electrons. The minimum absolute atomic E-state index is 0.00861. The number of hydrogen-bond donors (Lipinski definition) is 2. The molecular formula is C21H27N3O3. The van der Waals surface area contributed by atoms with E-state index in [0.29, 0.717) is 24.6 Å². The minimum atomic E-state index is -0.00861. The van der Waals surface area contributed by atoms with Gasteiger partial charge in [-0.1, -0.05) is 36.4 Å². The van der Waals surface area contributed by atoms with Gasteiger partial charge in [-0.05, 0) is 23.3 Å². The van der Waals surface area contributed by atoms with E-state index in [2.05, 4.69) is 22.3 Å². The standard InChI is InChI=1S/C21H27N3O3/c1-26-19-9-8-15(10-20(19)27-2)11-23-21(25)14-24-12-17(18(22)13-24)16-6-4-3-5-7-16/h3-10,17-18H,11-14,22H2,1-2H3,(H,23,25)/t17-,18+/m0/s1. The quantitative estimate of drug-likeness (QED) is 0.778. The summed E-state index contributed by atoms with van der Waals surface area (Å²) in [6.07, 6.45) is 0. The molecule has 1 heterocycles. The van der Waals surface area contributed by atoms with Gasteiger partial charge in [0.1, 0.15) is 0 Å². The second-order valence-electron chi connectivity index (χ2n) is 6.84. The van der Waals surface area contributed by atoms with Gasteiger partial charge in [0.2, 0.25) is 5.91 Å². The van der Waals surface area contributed by atoms with Crippen LogP contribution in [0.5, 0.6) is 11.5 Å². The Labute approximate surface area is 160 Å². The van der Waals surface area contributed by atoms with Gasteiger partial charge < -0.3 is 20.5 Å². The predicted molar refractivity (Wildman–Crippen MR) is 105 cm³/mol. The predicted octanol–water partition coefficient (Wildman–Crippen LogP) is 1.75. The van der Waals surface area contributed by atoms with Gasteiger partial charge in [0.05, 0.1) is 20.8 Å². The molecule has 6 nitrogen and oxygen atoms in total. The summed E-state index contributed by atoms with van der Waals surface area (Å²) in [6, 6.07) is 15.9. The number of methoxy groups -OCH3 is 2. The molecule has 6 heteroatoms. The lowest BCUT2D eigenvalue weighted by atomic mass is 9.95. The Kier molecular flexibility index (Phi) is 6.32. The maximum Gasteiger partial charge on any atom is 0.234 e. The summed E-state index contributed by atoms with van der Waals surface area (Å²) in [5.41, 5.74) is 8.50. The van der Waals surface area contributed by atoms with Crippen LogP contribution in [-0.4, -0.2) is 50.7 Å². The van der Waals surface area contributed by atoms with Crippen molar-refractivity contribution in [2.75, 3.05) is 33.9 Å². The van der Waals surface area contributed by atoms with Gasteiger partial charge in [-0.2, -0.15) is 0 Å². The topological polar surface area (TPSA) is 76.8 Å². The van der Waals surface area contributed by atoms with E-state index in [-0.39, 0.29) is 17.9 Å². The van der Waals surface area contributed by atoms with Gasteiger partial charge in [0.25, 0.3) is 0 Å². The molecule has 3 rings (SSSR count). The average molecular weight is 369 g/mol. The second kappa shape index (κ2) is 8.88. The van der Waals surface area contributed by atoms with Crippen LogP contribution in [0.3, 0.4) is 0 Å². The molecule has 3 N–H and O–H groups in total. The van der Waals surface area contributed by atoms with Crippen molar-refractivity contribution in [3.05, 3.63) is 59.7 Å². The molecule has 1 aliphatic heterocycles. The number of ether oxygens (including phenoxy) is 2. The number of benzene rings is 2. The van der Waals surface area contributed by atoms with Crippen molar-refractivity contribution in [3.63, 3.8) is 0 Å². The van der Waals surface area contributed by atoms with Crippen LogP contribution in [-0.2, 0) is 11.3 Å². The first kappa shape index (κ1) is 19.2. The maximum absolute atomic E-state index is 12.4. The van der Waals surface area contributed by atoms with Crippen LogP contribution < -0.4 is 20.5 Å². The molecule has 1 saturated heterocycles. The van der Waals surface area contributed by atoms with Crippen molar-refractivity contribution in [1.82, 2.24) is 10.2 Å². The molecule has 0 saturated carbocycles. The van der Waals surface area contributed by atoms with Crippen molar-refractivity contribution < 1.29 is 14.3 Å². The number of hydrogen-bond acceptors (Lipinski definition) is 5. The summed E-state index contributed by atoms with van der Waals surface area (Å²) in [4.78, 5) is 14.5. The van der Waals surface area contributed by atoms with E-state index in [0.717, 1.165) is 18.7 Å².